The highest BCUT2D eigenvalue weighted by molar-refractivity contribution is 9.10. The monoisotopic (exact) mass is 520 g/mol. The molecule has 0 saturated carbocycles. The van der Waals surface area contributed by atoms with E-state index in [-0.39, 0.29) is 5.56 Å². The Balaban J connectivity index is 1.53. The molecule has 1 fully saturated rings. The van der Waals surface area contributed by atoms with Crippen LogP contribution < -0.4 is 16.2 Å². The molecule has 0 unspecified atom stereocenters. The summed E-state index contributed by atoms with van der Waals surface area (Å²) >= 11 is 3.70. The largest absolute Gasteiger partial charge is 0.340 e. The van der Waals surface area contributed by atoms with E-state index in [4.69, 9.17) is 4.98 Å². The lowest BCUT2D eigenvalue weighted by Crippen LogP contribution is -2.26. The first-order valence-electron chi connectivity index (χ1n) is 11.8. The van der Waals surface area contributed by atoms with E-state index in [0.717, 1.165) is 59.3 Å². The topological polar surface area (TPSA) is 87.6 Å². The maximum Gasteiger partial charge on any atom is 0.259 e. The highest BCUT2D eigenvalue weighted by atomic mass is 79.9. The summed E-state index contributed by atoms with van der Waals surface area (Å²) in [4.78, 5) is 20.5. The lowest BCUT2D eigenvalue weighted by atomic mass is 9.90. The van der Waals surface area contributed by atoms with Crippen molar-refractivity contribution in [3.8, 4) is 11.3 Å². The van der Waals surface area contributed by atoms with Crippen molar-refractivity contribution in [1.29, 1.82) is 0 Å². The number of anilines is 2. The van der Waals surface area contributed by atoms with Crippen molar-refractivity contribution < 1.29 is 0 Å². The Labute approximate surface area is 207 Å². The first kappa shape index (κ1) is 22.8. The maximum absolute atomic E-state index is 12.8. The molecule has 0 spiro atoms. The van der Waals surface area contributed by atoms with Crippen LogP contribution in [-0.2, 0) is 6.54 Å². The fraction of sp³-hybridized carbons (Fsp3) is 0.346. The van der Waals surface area contributed by atoms with Gasteiger partial charge in [-0.3, -0.25) is 9.48 Å². The Kier molecular flexibility index (Phi) is 6.52. The minimum absolute atomic E-state index is 0.179. The number of pyridine rings is 2. The smallest absolute Gasteiger partial charge is 0.259 e. The van der Waals surface area contributed by atoms with Gasteiger partial charge in [0.2, 0.25) is 0 Å². The van der Waals surface area contributed by atoms with E-state index in [0.29, 0.717) is 23.0 Å². The number of nitrogens with zero attached hydrogens (tertiary/aromatic N) is 3. The Morgan fingerprint density at radius 3 is 2.68 bits per heavy atom. The summed E-state index contributed by atoms with van der Waals surface area (Å²) in [6.07, 6.45) is 7.82. The van der Waals surface area contributed by atoms with Crippen molar-refractivity contribution in [2.45, 2.75) is 39.2 Å². The van der Waals surface area contributed by atoms with Crippen LogP contribution in [0, 0.1) is 5.92 Å². The number of rotatable bonds is 6. The van der Waals surface area contributed by atoms with E-state index < -0.39 is 0 Å². The Bertz CT molecular complexity index is 1350. The number of aromatic nitrogens is 4. The van der Waals surface area contributed by atoms with Gasteiger partial charge < -0.3 is 15.6 Å². The van der Waals surface area contributed by atoms with Crippen LogP contribution >= 0.6 is 15.9 Å². The third kappa shape index (κ3) is 4.65. The van der Waals surface area contributed by atoms with Crippen molar-refractivity contribution in [3.05, 3.63) is 69.3 Å². The lowest BCUT2D eigenvalue weighted by Gasteiger charge is -2.23. The molecule has 5 rings (SSSR count). The summed E-state index contributed by atoms with van der Waals surface area (Å²) < 4.78 is 2.72. The van der Waals surface area contributed by atoms with Crippen LogP contribution in [0.3, 0.4) is 0 Å². The molecule has 8 heteroatoms. The van der Waals surface area contributed by atoms with Crippen LogP contribution in [-0.4, -0.2) is 32.8 Å². The fourth-order valence-electron chi connectivity index (χ4n) is 4.61. The molecular formula is C26H29BrN6O. The minimum atomic E-state index is -0.179. The van der Waals surface area contributed by atoms with Gasteiger partial charge in [0.25, 0.3) is 5.56 Å². The third-order valence-electron chi connectivity index (χ3n) is 6.31. The van der Waals surface area contributed by atoms with Crippen LogP contribution in [0.25, 0.3) is 22.0 Å². The van der Waals surface area contributed by atoms with Gasteiger partial charge in [-0.15, -0.1) is 0 Å². The van der Waals surface area contributed by atoms with Crippen LogP contribution in [0.4, 0.5) is 11.5 Å². The van der Waals surface area contributed by atoms with Crippen LogP contribution in [0.5, 0.6) is 0 Å². The summed E-state index contributed by atoms with van der Waals surface area (Å²) in [7, 11) is 0. The van der Waals surface area contributed by atoms with Crippen LogP contribution in [0.2, 0.25) is 0 Å². The van der Waals surface area contributed by atoms with E-state index in [9.17, 15) is 4.79 Å². The molecule has 1 aliphatic rings. The van der Waals surface area contributed by atoms with Gasteiger partial charge in [-0.1, -0.05) is 26.0 Å². The summed E-state index contributed by atoms with van der Waals surface area (Å²) in [6.45, 7) is 7.30. The van der Waals surface area contributed by atoms with Crippen molar-refractivity contribution >= 4 is 38.2 Å². The minimum Gasteiger partial charge on any atom is -0.340 e. The highest BCUT2D eigenvalue weighted by Gasteiger charge is 2.19. The molecule has 1 aliphatic heterocycles. The fourth-order valence-corrected chi connectivity index (χ4v) is 5.26. The van der Waals surface area contributed by atoms with E-state index in [1.54, 1.807) is 6.20 Å². The summed E-state index contributed by atoms with van der Waals surface area (Å²) in [5, 5.41) is 12.7. The Morgan fingerprint density at radius 2 is 1.94 bits per heavy atom. The number of aromatic amines is 1. The number of hydrogen-bond donors (Lipinski definition) is 3. The second-order valence-corrected chi connectivity index (χ2v) is 10.1. The summed E-state index contributed by atoms with van der Waals surface area (Å²) in [6, 6.07) is 10.4. The van der Waals surface area contributed by atoms with Crippen molar-refractivity contribution in [1.82, 2.24) is 25.1 Å². The van der Waals surface area contributed by atoms with E-state index in [1.165, 1.54) is 5.56 Å². The van der Waals surface area contributed by atoms with Gasteiger partial charge in [0.05, 0.1) is 21.7 Å². The van der Waals surface area contributed by atoms with Gasteiger partial charge in [0.1, 0.15) is 5.82 Å². The number of benzene rings is 1. The average molecular weight is 521 g/mol. The molecule has 4 aromatic rings. The molecule has 3 aromatic heterocycles. The zero-order valence-corrected chi connectivity index (χ0v) is 21.0. The van der Waals surface area contributed by atoms with Crippen molar-refractivity contribution in [3.63, 3.8) is 0 Å². The molecule has 1 saturated heterocycles. The second-order valence-electron chi connectivity index (χ2n) is 9.33. The van der Waals surface area contributed by atoms with Gasteiger partial charge in [-0.25, -0.2) is 4.98 Å². The van der Waals surface area contributed by atoms with Gasteiger partial charge in [-0.2, -0.15) is 5.10 Å². The van der Waals surface area contributed by atoms with E-state index in [1.807, 2.05) is 23.1 Å². The van der Waals surface area contributed by atoms with Crippen LogP contribution in [0.1, 0.15) is 38.2 Å². The molecule has 34 heavy (non-hydrogen) atoms. The first-order valence-corrected chi connectivity index (χ1v) is 12.6. The highest BCUT2D eigenvalue weighted by Crippen LogP contribution is 2.36. The van der Waals surface area contributed by atoms with Gasteiger partial charge in [0, 0.05) is 35.6 Å². The van der Waals surface area contributed by atoms with Crippen molar-refractivity contribution in [2.24, 2.45) is 5.92 Å². The quantitative estimate of drug-likeness (QED) is 0.316. The van der Waals surface area contributed by atoms with E-state index in [2.05, 4.69) is 74.8 Å². The number of hydrogen-bond acceptors (Lipinski definition) is 5. The number of nitrogens with one attached hydrogen (secondary N) is 3. The predicted octanol–water partition coefficient (Wildman–Crippen LogP) is 5.42. The predicted molar refractivity (Wildman–Crippen MR) is 141 cm³/mol. The Hall–Kier alpha value is -2.97. The normalized spacial score (nSPS) is 14.7. The molecule has 7 nitrogen and oxygen atoms in total. The standard InChI is InChI=1S/C26H29BrN6O/c1-16(2)14-33-15-19(13-30-33)24-23(27)21-9-12-29-26(34)22(21)25(32-24)31-20-5-3-17(4-6-20)18-7-10-28-11-8-18/h3-6,9,12-13,15-16,18,28H,7-8,10-11,14H2,1-2H3,(H,29,34)(H,31,32). The summed E-state index contributed by atoms with van der Waals surface area (Å²) in [5.74, 6) is 1.62. The zero-order chi connectivity index (χ0) is 23.7. The third-order valence-corrected chi connectivity index (χ3v) is 7.11. The molecule has 1 aromatic carbocycles. The summed E-state index contributed by atoms with van der Waals surface area (Å²) in [5.41, 5.74) is 3.73. The number of fused-ring (bicyclic) bond motifs is 1. The molecule has 0 radical (unpaired) electrons. The lowest BCUT2D eigenvalue weighted by molar-refractivity contribution is 0.460. The number of halogens is 1. The number of H-pyrrole nitrogens is 1. The van der Waals surface area contributed by atoms with Crippen molar-refractivity contribution in [2.75, 3.05) is 18.4 Å². The molecule has 0 aliphatic carbocycles. The number of piperidine rings is 1. The van der Waals surface area contributed by atoms with Crippen LogP contribution in [0.15, 0.2) is 58.2 Å². The Morgan fingerprint density at radius 1 is 1.18 bits per heavy atom. The molecule has 176 valence electrons. The van der Waals surface area contributed by atoms with Gasteiger partial charge in [-0.05, 0) is 77.5 Å². The van der Waals surface area contributed by atoms with E-state index >= 15 is 0 Å². The molecule has 4 heterocycles. The average Bonchev–Trinajstić information content (AvgIpc) is 3.29. The molecular weight excluding hydrogens is 492 g/mol. The van der Waals surface area contributed by atoms with Gasteiger partial charge in [0.15, 0.2) is 0 Å². The first-order chi connectivity index (χ1) is 16.5. The van der Waals surface area contributed by atoms with Gasteiger partial charge >= 0.3 is 0 Å². The molecule has 3 N–H and O–H groups in total. The molecule has 0 atom stereocenters. The molecule has 0 amide bonds. The molecule has 0 bridgehead atoms. The SMILES string of the molecule is CC(C)Cn1cc(-c2nc(Nc3ccc(C4CCNCC4)cc3)c3c(=O)[nH]ccc3c2Br)cn1. The maximum atomic E-state index is 12.8. The zero-order valence-electron chi connectivity index (χ0n) is 19.4. The second kappa shape index (κ2) is 9.72.